The number of halogens is 3. The monoisotopic (exact) mass is 358 g/mol. The molecule has 0 radical (unpaired) electrons. The highest BCUT2D eigenvalue weighted by Gasteiger charge is 2.10. The van der Waals surface area contributed by atoms with Crippen LogP contribution in [0.1, 0.15) is 18.2 Å². The molecule has 24 heavy (non-hydrogen) atoms. The van der Waals surface area contributed by atoms with E-state index in [2.05, 4.69) is 25.5 Å². The van der Waals surface area contributed by atoms with E-state index in [0.29, 0.717) is 35.3 Å². The van der Waals surface area contributed by atoms with E-state index < -0.39 is 6.61 Å². The Morgan fingerprint density at radius 1 is 1.38 bits per heavy atom. The van der Waals surface area contributed by atoms with Crippen molar-refractivity contribution < 1.29 is 18.0 Å². The normalized spacial score (nSPS) is 11.6. The van der Waals surface area contributed by atoms with Gasteiger partial charge >= 0.3 is 6.61 Å². The standard InChI is InChI=1S/C15H17ClF2N4O2/c1-2-19-15(21-9-12-5-6-23-22-12)20-8-10-7-11(16)3-4-13(10)24-14(17)18/h3-7,14H,2,8-9H2,1H3,(H2,19,20,21). The summed E-state index contributed by atoms with van der Waals surface area (Å²) in [7, 11) is 0. The molecule has 0 aliphatic carbocycles. The molecule has 2 N–H and O–H groups in total. The van der Waals surface area contributed by atoms with E-state index in [9.17, 15) is 8.78 Å². The van der Waals surface area contributed by atoms with Crippen LogP contribution in [0.5, 0.6) is 5.75 Å². The zero-order chi connectivity index (χ0) is 17.4. The van der Waals surface area contributed by atoms with Gasteiger partial charge in [0.15, 0.2) is 5.96 Å². The Morgan fingerprint density at radius 3 is 2.88 bits per heavy atom. The van der Waals surface area contributed by atoms with Crippen LogP contribution in [-0.2, 0) is 13.1 Å². The van der Waals surface area contributed by atoms with Crippen molar-refractivity contribution in [3.05, 3.63) is 46.8 Å². The number of nitrogens with one attached hydrogen (secondary N) is 2. The lowest BCUT2D eigenvalue weighted by Crippen LogP contribution is -2.36. The molecular weight excluding hydrogens is 342 g/mol. The van der Waals surface area contributed by atoms with Gasteiger partial charge in [0.05, 0.1) is 13.1 Å². The molecule has 0 fully saturated rings. The number of aromatic nitrogens is 1. The summed E-state index contributed by atoms with van der Waals surface area (Å²) in [5.74, 6) is 0.550. The van der Waals surface area contributed by atoms with Crippen molar-refractivity contribution in [3.8, 4) is 5.75 Å². The molecule has 0 saturated carbocycles. The molecule has 0 saturated heterocycles. The van der Waals surface area contributed by atoms with Crippen LogP contribution >= 0.6 is 11.6 Å². The maximum Gasteiger partial charge on any atom is 0.387 e. The molecule has 0 aliphatic rings. The molecule has 0 atom stereocenters. The van der Waals surface area contributed by atoms with Crippen molar-refractivity contribution in [2.75, 3.05) is 6.54 Å². The summed E-state index contributed by atoms with van der Waals surface area (Å²) in [6.45, 7) is 0.181. The Kier molecular flexibility index (Phi) is 6.80. The first-order chi connectivity index (χ1) is 11.6. The van der Waals surface area contributed by atoms with Gasteiger partial charge in [0, 0.05) is 23.2 Å². The third-order valence-corrected chi connectivity index (χ3v) is 3.15. The highest BCUT2D eigenvalue weighted by Crippen LogP contribution is 2.25. The van der Waals surface area contributed by atoms with Crippen LogP contribution in [0.2, 0.25) is 5.02 Å². The van der Waals surface area contributed by atoms with Crippen molar-refractivity contribution in [1.82, 2.24) is 15.8 Å². The molecular formula is C15H17ClF2N4O2. The lowest BCUT2D eigenvalue weighted by Gasteiger charge is -2.12. The van der Waals surface area contributed by atoms with E-state index in [0.717, 1.165) is 0 Å². The predicted octanol–water partition coefficient (Wildman–Crippen LogP) is 3.18. The van der Waals surface area contributed by atoms with Gasteiger partial charge in [0.25, 0.3) is 0 Å². The van der Waals surface area contributed by atoms with Gasteiger partial charge in [-0.2, -0.15) is 8.78 Å². The van der Waals surface area contributed by atoms with Crippen LogP contribution in [0.3, 0.4) is 0 Å². The Balaban J connectivity index is 2.08. The highest BCUT2D eigenvalue weighted by atomic mass is 35.5. The predicted molar refractivity (Wildman–Crippen MR) is 86.2 cm³/mol. The zero-order valence-corrected chi connectivity index (χ0v) is 13.7. The van der Waals surface area contributed by atoms with Gasteiger partial charge in [-0.3, -0.25) is 0 Å². The van der Waals surface area contributed by atoms with Gasteiger partial charge in [0.2, 0.25) is 0 Å². The molecule has 1 aromatic carbocycles. The molecule has 0 bridgehead atoms. The number of rotatable bonds is 7. The number of ether oxygens (including phenoxy) is 1. The fourth-order valence-electron chi connectivity index (χ4n) is 1.89. The van der Waals surface area contributed by atoms with E-state index in [1.54, 1.807) is 12.1 Å². The summed E-state index contributed by atoms with van der Waals surface area (Å²) < 4.78 is 34.2. The van der Waals surface area contributed by atoms with Crippen molar-refractivity contribution in [1.29, 1.82) is 0 Å². The Hall–Kier alpha value is -2.35. The maximum atomic E-state index is 12.5. The van der Waals surface area contributed by atoms with Crippen LogP contribution in [0, 0.1) is 0 Å². The molecule has 9 heteroatoms. The minimum atomic E-state index is -2.91. The average Bonchev–Trinajstić information content (AvgIpc) is 3.05. The van der Waals surface area contributed by atoms with Gasteiger partial charge < -0.3 is 19.9 Å². The molecule has 0 unspecified atom stereocenters. The summed E-state index contributed by atoms with van der Waals surface area (Å²) in [4.78, 5) is 4.34. The van der Waals surface area contributed by atoms with E-state index >= 15 is 0 Å². The highest BCUT2D eigenvalue weighted by molar-refractivity contribution is 6.30. The second kappa shape index (κ2) is 9.07. The zero-order valence-electron chi connectivity index (χ0n) is 12.9. The number of benzene rings is 1. The number of alkyl halides is 2. The van der Waals surface area contributed by atoms with Gasteiger partial charge in [-0.25, -0.2) is 4.99 Å². The third-order valence-electron chi connectivity index (χ3n) is 2.92. The van der Waals surface area contributed by atoms with E-state index in [1.165, 1.54) is 18.4 Å². The summed E-state index contributed by atoms with van der Waals surface area (Å²) >= 11 is 5.92. The van der Waals surface area contributed by atoms with Crippen LogP contribution in [0.4, 0.5) is 8.78 Å². The first-order valence-electron chi connectivity index (χ1n) is 7.23. The van der Waals surface area contributed by atoms with Gasteiger partial charge in [0.1, 0.15) is 17.7 Å². The van der Waals surface area contributed by atoms with Gasteiger partial charge in [-0.1, -0.05) is 16.8 Å². The number of guanidine groups is 1. The van der Waals surface area contributed by atoms with E-state index in [-0.39, 0.29) is 12.3 Å². The molecule has 0 spiro atoms. The Bertz CT molecular complexity index is 665. The van der Waals surface area contributed by atoms with Crippen LogP contribution < -0.4 is 15.4 Å². The summed E-state index contributed by atoms with van der Waals surface area (Å²) in [5.41, 5.74) is 1.17. The van der Waals surface area contributed by atoms with Crippen LogP contribution in [-0.4, -0.2) is 24.3 Å². The van der Waals surface area contributed by atoms with Gasteiger partial charge in [-0.05, 0) is 25.1 Å². The largest absolute Gasteiger partial charge is 0.434 e. The molecule has 0 aliphatic heterocycles. The Labute approximate surface area is 142 Å². The third kappa shape index (κ3) is 5.69. The maximum absolute atomic E-state index is 12.5. The molecule has 130 valence electrons. The van der Waals surface area contributed by atoms with Crippen molar-refractivity contribution in [3.63, 3.8) is 0 Å². The summed E-state index contributed by atoms with van der Waals surface area (Å²) in [6, 6.07) is 6.15. The van der Waals surface area contributed by atoms with Gasteiger partial charge in [-0.15, -0.1) is 0 Å². The van der Waals surface area contributed by atoms with Crippen molar-refractivity contribution in [2.45, 2.75) is 26.6 Å². The minimum Gasteiger partial charge on any atom is -0.434 e. The minimum absolute atomic E-state index is 0.0468. The summed E-state index contributed by atoms with van der Waals surface area (Å²) in [5, 5.41) is 10.3. The Morgan fingerprint density at radius 2 is 2.21 bits per heavy atom. The first-order valence-corrected chi connectivity index (χ1v) is 7.61. The molecule has 1 heterocycles. The molecule has 2 aromatic rings. The number of aliphatic imine (C=N–C) groups is 1. The molecule has 0 amide bonds. The fourth-order valence-corrected chi connectivity index (χ4v) is 2.09. The topological polar surface area (TPSA) is 71.7 Å². The lowest BCUT2D eigenvalue weighted by molar-refractivity contribution is -0.0504. The van der Waals surface area contributed by atoms with Crippen molar-refractivity contribution in [2.24, 2.45) is 4.99 Å². The SMILES string of the molecule is CCNC(=NCc1cc(Cl)ccc1OC(F)F)NCc1ccon1. The number of hydrogen-bond donors (Lipinski definition) is 2. The second-order valence-electron chi connectivity index (χ2n) is 4.67. The second-order valence-corrected chi connectivity index (χ2v) is 5.11. The van der Waals surface area contributed by atoms with E-state index in [4.69, 9.17) is 16.1 Å². The van der Waals surface area contributed by atoms with E-state index in [1.807, 2.05) is 6.92 Å². The smallest absolute Gasteiger partial charge is 0.387 e. The molecule has 2 rings (SSSR count). The molecule has 6 nitrogen and oxygen atoms in total. The van der Waals surface area contributed by atoms with Crippen molar-refractivity contribution >= 4 is 17.6 Å². The molecule has 1 aromatic heterocycles. The number of nitrogens with zero attached hydrogens (tertiary/aromatic N) is 2. The fraction of sp³-hybridized carbons (Fsp3) is 0.333. The van der Waals surface area contributed by atoms with Crippen LogP contribution in [0.15, 0.2) is 40.0 Å². The average molecular weight is 359 g/mol. The first kappa shape index (κ1) is 18.0. The van der Waals surface area contributed by atoms with Crippen LogP contribution in [0.25, 0.3) is 0 Å². The quantitative estimate of drug-likeness (QED) is 0.587. The lowest BCUT2D eigenvalue weighted by atomic mass is 10.2. The number of hydrogen-bond acceptors (Lipinski definition) is 4. The summed E-state index contributed by atoms with van der Waals surface area (Å²) in [6.07, 6.45) is 1.47.